The first-order valence-corrected chi connectivity index (χ1v) is 10.5. The number of rotatable bonds is 5. The van der Waals surface area contributed by atoms with E-state index in [1.165, 1.54) is 28.4 Å². The molecule has 6 nitrogen and oxygen atoms in total. The van der Waals surface area contributed by atoms with Crippen molar-refractivity contribution >= 4 is 29.0 Å². The minimum atomic E-state index is -0.546. The number of benzene rings is 2. The lowest BCUT2D eigenvalue weighted by Gasteiger charge is -2.13. The number of nitrogens with two attached hydrogens (primary N) is 1. The van der Waals surface area contributed by atoms with Gasteiger partial charge in [0, 0.05) is 18.7 Å². The summed E-state index contributed by atoms with van der Waals surface area (Å²) in [4.78, 5) is 13.1. The zero-order valence-corrected chi connectivity index (χ0v) is 18.1. The summed E-state index contributed by atoms with van der Waals surface area (Å²) in [6.45, 7) is 0. The van der Waals surface area contributed by atoms with Crippen LogP contribution in [0.5, 0.6) is 5.75 Å². The maximum Gasteiger partial charge on any atom is 0.261 e. The number of nitrogen functional groups attached to an aromatic ring is 1. The average molecular weight is 443 g/mol. The van der Waals surface area contributed by atoms with Gasteiger partial charge in [0.1, 0.15) is 22.9 Å². The lowest BCUT2D eigenvalue weighted by molar-refractivity contribution is 0.102. The molecule has 2 atom stereocenters. The van der Waals surface area contributed by atoms with Crippen LogP contribution in [-0.4, -0.2) is 22.8 Å². The predicted octanol–water partition coefficient (Wildman–Crippen LogP) is 5.11. The highest BCUT2D eigenvalue weighted by atomic mass is 35.5. The fraction of sp³-hybridized carbons (Fsp3) is 0.304. The van der Waals surface area contributed by atoms with Crippen LogP contribution in [-0.2, 0) is 7.05 Å². The van der Waals surface area contributed by atoms with Crippen molar-refractivity contribution in [1.82, 2.24) is 9.78 Å². The van der Waals surface area contributed by atoms with Gasteiger partial charge in [-0.05, 0) is 61.1 Å². The molecule has 4 rings (SSSR count). The first-order valence-electron chi connectivity index (χ1n) is 10.1. The molecule has 31 heavy (non-hydrogen) atoms. The van der Waals surface area contributed by atoms with Gasteiger partial charge in [-0.25, -0.2) is 4.39 Å². The van der Waals surface area contributed by atoms with Crippen LogP contribution in [0.25, 0.3) is 0 Å². The predicted molar refractivity (Wildman–Crippen MR) is 119 cm³/mol. The van der Waals surface area contributed by atoms with Gasteiger partial charge in [0.25, 0.3) is 5.91 Å². The molecule has 1 fully saturated rings. The zero-order valence-electron chi connectivity index (χ0n) is 17.4. The van der Waals surface area contributed by atoms with Gasteiger partial charge in [0.05, 0.1) is 17.8 Å². The number of carbonyl (C=O) groups excluding carboxylic acids is 1. The Kier molecular flexibility index (Phi) is 5.87. The average Bonchev–Trinajstić information content (AvgIpc) is 3.36. The number of anilines is 2. The molecule has 1 aliphatic carbocycles. The molecule has 3 N–H and O–H groups in total. The molecule has 1 heterocycles. The second-order valence-corrected chi connectivity index (χ2v) is 8.24. The molecule has 1 saturated carbocycles. The van der Waals surface area contributed by atoms with Gasteiger partial charge in [-0.2, -0.15) is 5.10 Å². The van der Waals surface area contributed by atoms with Gasteiger partial charge >= 0.3 is 0 Å². The van der Waals surface area contributed by atoms with Crippen LogP contribution in [0.3, 0.4) is 0 Å². The van der Waals surface area contributed by atoms with E-state index in [9.17, 15) is 9.18 Å². The van der Waals surface area contributed by atoms with E-state index < -0.39 is 5.82 Å². The molecule has 1 aromatic heterocycles. The van der Waals surface area contributed by atoms with Crippen LogP contribution < -0.4 is 15.8 Å². The van der Waals surface area contributed by atoms with E-state index in [0.29, 0.717) is 28.7 Å². The summed E-state index contributed by atoms with van der Waals surface area (Å²) < 4.78 is 20.3. The molecular formula is C23H24ClFN4O2. The van der Waals surface area contributed by atoms with Crippen LogP contribution in [0.4, 0.5) is 15.9 Å². The fourth-order valence-corrected chi connectivity index (χ4v) is 4.45. The third kappa shape index (κ3) is 4.23. The number of hydrogen-bond donors (Lipinski definition) is 2. The van der Waals surface area contributed by atoms with Crippen molar-refractivity contribution in [2.24, 2.45) is 7.05 Å². The smallest absolute Gasteiger partial charge is 0.261 e. The van der Waals surface area contributed by atoms with E-state index in [0.717, 1.165) is 25.0 Å². The first kappa shape index (κ1) is 21.2. The summed E-state index contributed by atoms with van der Waals surface area (Å²) in [6, 6.07) is 12.1. The van der Waals surface area contributed by atoms with Gasteiger partial charge in [0.2, 0.25) is 0 Å². The number of methoxy groups -OCH3 is 1. The number of ether oxygens (including phenoxy) is 1. The minimum absolute atomic E-state index is 0.0610. The van der Waals surface area contributed by atoms with Gasteiger partial charge in [-0.3, -0.25) is 9.48 Å². The van der Waals surface area contributed by atoms with E-state index in [1.54, 1.807) is 14.2 Å². The summed E-state index contributed by atoms with van der Waals surface area (Å²) in [5.41, 5.74) is 8.87. The lowest BCUT2D eigenvalue weighted by Crippen LogP contribution is -2.16. The highest BCUT2D eigenvalue weighted by Crippen LogP contribution is 2.45. The Morgan fingerprint density at radius 2 is 2.03 bits per heavy atom. The van der Waals surface area contributed by atoms with Crippen molar-refractivity contribution in [2.75, 3.05) is 18.2 Å². The number of hydrogen-bond acceptors (Lipinski definition) is 4. The number of halogens is 2. The molecule has 162 valence electrons. The molecule has 0 bridgehead atoms. The van der Waals surface area contributed by atoms with Crippen LogP contribution in [0.2, 0.25) is 5.02 Å². The highest BCUT2D eigenvalue weighted by Gasteiger charge is 2.33. The normalized spacial score (nSPS) is 18.2. The van der Waals surface area contributed by atoms with Crippen LogP contribution in [0.1, 0.15) is 52.7 Å². The third-order valence-corrected chi connectivity index (χ3v) is 6.20. The Balaban J connectivity index is 1.57. The van der Waals surface area contributed by atoms with Gasteiger partial charge < -0.3 is 15.8 Å². The second-order valence-electron chi connectivity index (χ2n) is 7.84. The van der Waals surface area contributed by atoms with Crippen molar-refractivity contribution in [1.29, 1.82) is 0 Å². The Bertz CT molecular complexity index is 1130. The molecular weight excluding hydrogens is 419 g/mol. The SMILES string of the molecule is COc1cccc([C@@H]2CC[C@H](c3nn(C)c(N)c3C(=O)Nc3ccc(F)c(Cl)c3)C2)c1. The second kappa shape index (κ2) is 8.59. The van der Waals surface area contributed by atoms with Gasteiger partial charge in [-0.15, -0.1) is 0 Å². The van der Waals surface area contributed by atoms with Crippen LogP contribution in [0, 0.1) is 5.82 Å². The van der Waals surface area contributed by atoms with E-state index >= 15 is 0 Å². The third-order valence-electron chi connectivity index (χ3n) is 5.91. The largest absolute Gasteiger partial charge is 0.497 e. The Morgan fingerprint density at radius 3 is 2.77 bits per heavy atom. The summed E-state index contributed by atoms with van der Waals surface area (Å²) in [7, 11) is 3.38. The topological polar surface area (TPSA) is 82.2 Å². The van der Waals surface area contributed by atoms with Crippen molar-refractivity contribution in [3.05, 3.63) is 70.1 Å². The lowest BCUT2D eigenvalue weighted by atomic mass is 9.94. The monoisotopic (exact) mass is 442 g/mol. The van der Waals surface area contributed by atoms with Crippen molar-refractivity contribution in [3.8, 4) is 5.75 Å². The van der Waals surface area contributed by atoms with E-state index in [1.807, 2.05) is 12.1 Å². The van der Waals surface area contributed by atoms with Crippen LogP contribution >= 0.6 is 11.6 Å². The van der Waals surface area contributed by atoms with E-state index in [-0.39, 0.29) is 16.8 Å². The highest BCUT2D eigenvalue weighted by molar-refractivity contribution is 6.31. The molecule has 0 aliphatic heterocycles. The standard InChI is InChI=1S/C23H24ClFN4O2/c1-29-22(26)20(23(30)27-16-8-9-19(25)18(24)12-16)21(28-29)15-7-6-14(10-15)13-4-3-5-17(11-13)31-2/h3-5,8-9,11-12,14-15H,6-7,10,26H2,1-2H3,(H,27,30)/t14-,15+/m1/s1. The van der Waals surface area contributed by atoms with Gasteiger partial charge in [0.15, 0.2) is 0 Å². The first-order chi connectivity index (χ1) is 14.9. The number of aromatic nitrogens is 2. The fourth-order valence-electron chi connectivity index (χ4n) is 4.27. The van der Waals surface area contributed by atoms with Gasteiger partial charge in [-0.1, -0.05) is 23.7 Å². The molecule has 8 heteroatoms. The molecule has 0 spiro atoms. The summed E-state index contributed by atoms with van der Waals surface area (Å²) in [5.74, 6) is 0.669. The summed E-state index contributed by atoms with van der Waals surface area (Å²) in [5, 5.41) is 7.27. The number of nitrogens with zero attached hydrogens (tertiary/aromatic N) is 2. The van der Waals surface area contributed by atoms with E-state index in [4.69, 9.17) is 22.1 Å². The molecule has 3 aromatic rings. The maximum atomic E-state index is 13.4. The Morgan fingerprint density at radius 1 is 1.26 bits per heavy atom. The summed E-state index contributed by atoms with van der Waals surface area (Å²) >= 11 is 5.83. The van der Waals surface area contributed by atoms with Crippen LogP contribution in [0.15, 0.2) is 42.5 Å². The van der Waals surface area contributed by atoms with Crippen molar-refractivity contribution in [3.63, 3.8) is 0 Å². The van der Waals surface area contributed by atoms with Crippen molar-refractivity contribution in [2.45, 2.75) is 31.1 Å². The Labute approximate surface area is 185 Å². The zero-order chi connectivity index (χ0) is 22.1. The Hall–Kier alpha value is -3.06. The molecule has 1 aliphatic rings. The summed E-state index contributed by atoms with van der Waals surface area (Å²) in [6.07, 6.45) is 2.76. The molecule has 0 unspecified atom stereocenters. The molecule has 1 amide bonds. The molecule has 0 saturated heterocycles. The number of aryl methyl sites for hydroxylation is 1. The number of nitrogens with one attached hydrogen (secondary N) is 1. The quantitative estimate of drug-likeness (QED) is 0.575. The molecule has 2 aromatic carbocycles. The number of carbonyl (C=O) groups is 1. The number of amides is 1. The van der Waals surface area contributed by atoms with Crippen molar-refractivity contribution < 1.29 is 13.9 Å². The minimum Gasteiger partial charge on any atom is -0.497 e. The van der Waals surface area contributed by atoms with E-state index in [2.05, 4.69) is 22.5 Å². The molecule has 0 radical (unpaired) electrons. The maximum absolute atomic E-state index is 13.4.